The summed E-state index contributed by atoms with van der Waals surface area (Å²) in [5.41, 5.74) is 1.17. The molecule has 0 saturated heterocycles. The maximum atomic E-state index is 9.32. The lowest BCUT2D eigenvalue weighted by molar-refractivity contribution is -0.104. The molecule has 0 aliphatic heterocycles. The lowest BCUT2D eigenvalue weighted by Crippen LogP contribution is -1.63. The monoisotopic (exact) mass is 174 g/mol. The first-order valence-electron chi connectivity index (χ1n) is 4.09. The van der Waals surface area contributed by atoms with Crippen molar-refractivity contribution in [2.45, 2.75) is 6.92 Å². The van der Waals surface area contributed by atoms with Gasteiger partial charge < -0.3 is 0 Å². The molecule has 0 amide bonds. The van der Waals surface area contributed by atoms with E-state index < -0.39 is 0 Å². The Kier molecular flexibility index (Phi) is 7.40. The quantitative estimate of drug-likeness (QED) is 0.497. The maximum absolute atomic E-state index is 9.32. The van der Waals surface area contributed by atoms with E-state index in [1.807, 2.05) is 36.4 Å². The highest BCUT2D eigenvalue weighted by molar-refractivity contribution is 5.64. The first-order valence-corrected chi connectivity index (χ1v) is 4.09. The predicted octanol–water partition coefficient (Wildman–Crippen LogP) is 3.09. The van der Waals surface area contributed by atoms with E-state index in [1.165, 1.54) is 11.6 Å². The lowest BCUT2D eigenvalue weighted by atomic mass is 10.2. The fourth-order valence-electron chi connectivity index (χ4n) is 0.668. The summed E-state index contributed by atoms with van der Waals surface area (Å²) < 4.78 is 0. The maximum Gasteiger partial charge on any atom is 0.142 e. The molecule has 0 aliphatic rings. The van der Waals surface area contributed by atoms with E-state index in [4.69, 9.17) is 0 Å². The molecular formula is C12H14O. The van der Waals surface area contributed by atoms with E-state index in [2.05, 4.69) is 6.58 Å². The Morgan fingerprint density at radius 3 is 2.08 bits per heavy atom. The Hall–Kier alpha value is -1.63. The highest BCUT2D eigenvalue weighted by Crippen LogP contribution is 1.97. The highest BCUT2D eigenvalue weighted by atomic mass is 16.1. The summed E-state index contributed by atoms with van der Waals surface area (Å²) in [7, 11) is 0. The average Bonchev–Trinajstić information content (AvgIpc) is 2.21. The van der Waals surface area contributed by atoms with Gasteiger partial charge in [-0.25, -0.2) is 0 Å². The number of rotatable bonds is 2. The summed E-state index contributed by atoms with van der Waals surface area (Å²) in [6.07, 6.45) is 5.72. The summed E-state index contributed by atoms with van der Waals surface area (Å²) in [5.74, 6) is 0. The first kappa shape index (κ1) is 11.4. The van der Waals surface area contributed by atoms with Crippen LogP contribution in [0, 0.1) is 0 Å². The van der Waals surface area contributed by atoms with Crippen molar-refractivity contribution in [1.82, 2.24) is 0 Å². The summed E-state index contributed by atoms with van der Waals surface area (Å²) in [4.78, 5) is 9.32. The molecule has 0 aromatic heterocycles. The summed E-state index contributed by atoms with van der Waals surface area (Å²) in [6.45, 7) is 5.43. The predicted molar refractivity (Wildman–Crippen MR) is 57.4 cm³/mol. The Balaban J connectivity index is 0.000000252. The van der Waals surface area contributed by atoms with Crippen molar-refractivity contribution >= 4 is 12.4 Å². The molecule has 0 fully saturated rings. The van der Waals surface area contributed by atoms with Crippen molar-refractivity contribution in [3.05, 3.63) is 54.6 Å². The van der Waals surface area contributed by atoms with Crippen LogP contribution >= 0.6 is 0 Å². The van der Waals surface area contributed by atoms with Gasteiger partial charge in [0.05, 0.1) is 0 Å². The fraction of sp³-hybridized carbons (Fsp3) is 0.0833. The summed E-state index contributed by atoms with van der Waals surface area (Å²) >= 11 is 0. The Labute approximate surface area is 79.4 Å². The van der Waals surface area contributed by atoms with Gasteiger partial charge in [-0.1, -0.05) is 49.1 Å². The van der Waals surface area contributed by atoms with E-state index in [9.17, 15) is 4.79 Å². The van der Waals surface area contributed by atoms with Crippen LogP contribution in [0.3, 0.4) is 0 Å². The number of aldehydes is 1. The molecule has 0 heterocycles. The highest BCUT2D eigenvalue weighted by Gasteiger charge is 1.75. The van der Waals surface area contributed by atoms with Gasteiger partial charge in [0, 0.05) is 0 Å². The molecule has 0 aliphatic carbocycles. The molecule has 0 bridgehead atoms. The van der Waals surface area contributed by atoms with Gasteiger partial charge in [-0.05, 0) is 18.6 Å². The van der Waals surface area contributed by atoms with Gasteiger partial charge in [0.15, 0.2) is 0 Å². The van der Waals surface area contributed by atoms with Crippen molar-refractivity contribution in [2.24, 2.45) is 0 Å². The lowest BCUT2D eigenvalue weighted by Gasteiger charge is -1.85. The van der Waals surface area contributed by atoms with E-state index >= 15 is 0 Å². The Morgan fingerprint density at radius 2 is 1.85 bits per heavy atom. The van der Waals surface area contributed by atoms with Gasteiger partial charge in [0.1, 0.15) is 6.29 Å². The van der Waals surface area contributed by atoms with Crippen molar-refractivity contribution in [2.75, 3.05) is 0 Å². The number of carbonyl (C=O) groups is 1. The second-order valence-electron chi connectivity index (χ2n) is 2.28. The van der Waals surface area contributed by atoms with E-state index in [0.717, 1.165) is 6.29 Å². The summed E-state index contributed by atoms with van der Waals surface area (Å²) in [5, 5.41) is 0. The van der Waals surface area contributed by atoms with Crippen LogP contribution in [0.5, 0.6) is 0 Å². The molecule has 0 unspecified atom stereocenters. The number of allylic oxidation sites excluding steroid dienone is 2. The van der Waals surface area contributed by atoms with Crippen molar-refractivity contribution in [3.8, 4) is 0 Å². The van der Waals surface area contributed by atoms with Crippen molar-refractivity contribution in [3.63, 3.8) is 0 Å². The molecule has 68 valence electrons. The van der Waals surface area contributed by atoms with Crippen LogP contribution < -0.4 is 0 Å². The third kappa shape index (κ3) is 6.76. The van der Waals surface area contributed by atoms with Gasteiger partial charge in [0.25, 0.3) is 0 Å². The number of benzene rings is 1. The van der Waals surface area contributed by atoms with Crippen LogP contribution in [-0.4, -0.2) is 6.29 Å². The molecule has 0 atom stereocenters. The number of carbonyl (C=O) groups excluding carboxylic acids is 1. The Bertz CT molecular complexity index is 260. The third-order valence-electron chi connectivity index (χ3n) is 1.31. The van der Waals surface area contributed by atoms with E-state index in [-0.39, 0.29) is 0 Å². The van der Waals surface area contributed by atoms with Gasteiger partial charge in [-0.2, -0.15) is 0 Å². The molecule has 13 heavy (non-hydrogen) atoms. The van der Waals surface area contributed by atoms with Crippen LogP contribution in [0.4, 0.5) is 0 Å². The average molecular weight is 174 g/mol. The molecular weight excluding hydrogens is 160 g/mol. The molecule has 0 saturated carbocycles. The minimum atomic E-state index is 0.750. The number of hydrogen-bond donors (Lipinski definition) is 0. The molecule has 0 spiro atoms. The van der Waals surface area contributed by atoms with Gasteiger partial charge >= 0.3 is 0 Å². The molecule has 1 aromatic carbocycles. The van der Waals surface area contributed by atoms with Gasteiger partial charge in [-0.3, -0.25) is 4.79 Å². The van der Waals surface area contributed by atoms with Crippen molar-refractivity contribution in [1.29, 1.82) is 0 Å². The Morgan fingerprint density at radius 1 is 1.23 bits per heavy atom. The molecule has 1 nitrogen and oxygen atoms in total. The van der Waals surface area contributed by atoms with Crippen LogP contribution in [0.25, 0.3) is 6.08 Å². The second-order valence-corrected chi connectivity index (χ2v) is 2.28. The first-order chi connectivity index (χ1) is 6.35. The molecule has 0 N–H and O–H groups in total. The fourth-order valence-corrected chi connectivity index (χ4v) is 0.668. The molecule has 1 rings (SSSR count). The zero-order chi connectivity index (χ0) is 9.94. The normalized spacial score (nSPS) is 8.69. The standard InChI is InChI=1S/C8H8.C4H6O/c1-2-8-6-4-3-5-7-8;1-2-3-4-5/h2-7H,1H2;2-4H,1H3/b;3-2+. The van der Waals surface area contributed by atoms with E-state index in [0.29, 0.717) is 0 Å². The van der Waals surface area contributed by atoms with E-state index in [1.54, 1.807) is 13.0 Å². The molecule has 0 radical (unpaired) electrons. The van der Waals surface area contributed by atoms with Crippen LogP contribution in [0.15, 0.2) is 49.1 Å². The van der Waals surface area contributed by atoms with Crippen molar-refractivity contribution < 1.29 is 4.79 Å². The molecule has 1 heteroatoms. The zero-order valence-electron chi connectivity index (χ0n) is 7.81. The van der Waals surface area contributed by atoms with Gasteiger partial charge in [0.2, 0.25) is 0 Å². The largest absolute Gasteiger partial charge is 0.299 e. The topological polar surface area (TPSA) is 17.1 Å². The SMILES string of the molecule is C/C=C/C=O.C=Cc1ccccc1. The minimum absolute atomic E-state index is 0.750. The number of hydrogen-bond acceptors (Lipinski definition) is 1. The van der Waals surface area contributed by atoms with Gasteiger partial charge in [-0.15, -0.1) is 0 Å². The zero-order valence-corrected chi connectivity index (χ0v) is 7.81. The minimum Gasteiger partial charge on any atom is -0.299 e. The van der Waals surface area contributed by atoms with Crippen LogP contribution in [-0.2, 0) is 4.79 Å². The summed E-state index contributed by atoms with van der Waals surface area (Å²) in [6, 6.07) is 10.0. The van der Waals surface area contributed by atoms with Crippen LogP contribution in [0.2, 0.25) is 0 Å². The molecule has 1 aromatic rings. The second kappa shape index (κ2) is 8.47. The van der Waals surface area contributed by atoms with Crippen LogP contribution in [0.1, 0.15) is 12.5 Å². The third-order valence-corrected chi connectivity index (χ3v) is 1.31. The smallest absolute Gasteiger partial charge is 0.142 e.